The van der Waals surface area contributed by atoms with Gasteiger partial charge < -0.3 is 14.9 Å². The monoisotopic (exact) mass is 196 g/mol. The lowest BCUT2D eigenvalue weighted by atomic mass is 9.86. The molecular formula is C9H8O5. The maximum Gasteiger partial charge on any atom is 0.313 e. The number of hydrogen-bond donors (Lipinski definition) is 2. The molecule has 5 heteroatoms. The van der Waals surface area contributed by atoms with Crippen LogP contribution in [0, 0.1) is 22.7 Å². The Bertz CT molecular complexity index is 346. The minimum Gasteiger partial charge on any atom is -0.481 e. The van der Waals surface area contributed by atoms with Crippen LogP contribution in [-0.4, -0.2) is 34.4 Å². The number of aliphatic carboxylic acids is 2. The van der Waals surface area contributed by atoms with Crippen molar-refractivity contribution in [2.24, 2.45) is 22.7 Å². The van der Waals surface area contributed by atoms with E-state index in [1.807, 2.05) is 0 Å². The van der Waals surface area contributed by atoms with Crippen LogP contribution in [0.5, 0.6) is 0 Å². The van der Waals surface area contributed by atoms with E-state index in [0.29, 0.717) is 0 Å². The third kappa shape index (κ3) is 0.342. The summed E-state index contributed by atoms with van der Waals surface area (Å²) in [7, 11) is 0. The SMILES string of the molecule is O=C(O)C12C3CC4C(OC31)C42C(=O)O. The minimum atomic E-state index is -1.06. The Balaban J connectivity index is 1.96. The number of ether oxygens (including phenoxy) is 1. The Morgan fingerprint density at radius 2 is 1.50 bits per heavy atom. The van der Waals surface area contributed by atoms with E-state index in [4.69, 9.17) is 4.74 Å². The molecule has 1 saturated heterocycles. The van der Waals surface area contributed by atoms with Gasteiger partial charge in [0.05, 0.1) is 12.2 Å². The molecule has 0 amide bonds. The third-order valence-corrected chi connectivity index (χ3v) is 4.77. The molecule has 74 valence electrons. The van der Waals surface area contributed by atoms with Crippen molar-refractivity contribution in [2.75, 3.05) is 0 Å². The molecule has 3 saturated carbocycles. The van der Waals surface area contributed by atoms with Crippen molar-refractivity contribution >= 4 is 11.9 Å². The first-order valence-electron chi connectivity index (χ1n) is 4.71. The minimum absolute atomic E-state index is 0.0360. The van der Waals surface area contributed by atoms with Gasteiger partial charge in [-0.1, -0.05) is 0 Å². The van der Waals surface area contributed by atoms with Gasteiger partial charge in [0.25, 0.3) is 0 Å². The van der Waals surface area contributed by atoms with Crippen LogP contribution in [0.25, 0.3) is 0 Å². The molecular weight excluding hydrogens is 188 g/mol. The normalized spacial score (nSPS) is 64.9. The molecule has 5 nitrogen and oxygen atoms in total. The second-order valence-corrected chi connectivity index (χ2v) is 4.77. The maximum atomic E-state index is 11.2. The fourth-order valence-electron chi connectivity index (χ4n) is 4.30. The molecule has 0 aromatic rings. The highest BCUT2D eigenvalue weighted by Gasteiger charge is 3.03. The summed E-state index contributed by atoms with van der Waals surface area (Å²) in [6.45, 7) is 0. The van der Waals surface area contributed by atoms with Crippen LogP contribution in [0.3, 0.4) is 0 Å². The van der Waals surface area contributed by atoms with Gasteiger partial charge in [-0.05, 0) is 6.42 Å². The van der Waals surface area contributed by atoms with Crippen molar-refractivity contribution in [1.82, 2.24) is 0 Å². The van der Waals surface area contributed by atoms with E-state index in [-0.39, 0.29) is 24.0 Å². The Morgan fingerprint density at radius 1 is 1.07 bits per heavy atom. The van der Waals surface area contributed by atoms with E-state index in [1.165, 1.54) is 0 Å². The van der Waals surface area contributed by atoms with Crippen LogP contribution in [0.2, 0.25) is 0 Å². The molecule has 0 aromatic heterocycles. The van der Waals surface area contributed by atoms with E-state index >= 15 is 0 Å². The highest BCUT2D eigenvalue weighted by Crippen LogP contribution is 2.91. The number of carboxylic acids is 2. The second kappa shape index (κ2) is 1.48. The standard InChI is InChI=1S/C9H8O5/c10-6(11)8-2-1-3-5(14-4(2)8)9(3,8)7(12)13/h2-5H,1H2,(H,10,11)(H,12,13). The molecule has 2 N–H and O–H groups in total. The van der Waals surface area contributed by atoms with Gasteiger partial charge >= 0.3 is 11.9 Å². The second-order valence-electron chi connectivity index (χ2n) is 4.77. The van der Waals surface area contributed by atoms with E-state index in [0.717, 1.165) is 6.42 Å². The van der Waals surface area contributed by atoms with Crippen LogP contribution < -0.4 is 0 Å². The average Bonchev–Trinajstić information content (AvgIpc) is 2.89. The van der Waals surface area contributed by atoms with Crippen LogP contribution >= 0.6 is 0 Å². The molecule has 4 aliphatic rings. The molecule has 6 unspecified atom stereocenters. The van der Waals surface area contributed by atoms with E-state index in [1.54, 1.807) is 0 Å². The molecule has 3 aliphatic carbocycles. The zero-order valence-corrected chi connectivity index (χ0v) is 7.14. The third-order valence-electron chi connectivity index (χ3n) is 4.77. The Kier molecular flexibility index (Phi) is 0.764. The smallest absolute Gasteiger partial charge is 0.313 e. The van der Waals surface area contributed by atoms with E-state index < -0.39 is 22.8 Å². The molecule has 4 rings (SSSR count). The van der Waals surface area contributed by atoms with Gasteiger partial charge in [0.2, 0.25) is 0 Å². The summed E-state index contributed by atoms with van der Waals surface area (Å²) in [5.74, 6) is -2.02. The maximum absolute atomic E-state index is 11.2. The molecule has 1 heterocycles. The molecule has 14 heavy (non-hydrogen) atoms. The van der Waals surface area contributed by atoms with Crippen molar-refractivity contribution in [3.63, 3.8) is 0 Å². The van der Waals surface area contributed by atoms with Crippen molar-refractivity contribution in [3.8, 4) is 0 Å². The number of carbonyl (C=O) groups is 2. The van der Waals surface area contributed by atoms with Crippen LogP contribution in [0.15, 0.2) is 0 Å². The zero-order valence-electron chi connectivity index (χ0n) is 7.14. The number of hydrogen-bond acceptors (Lipinski definition) is 3. The zero-order chi connectivity index (χ0) is 9.88. The summed E-state index contributed by atoms with van der Waals surface area (Å²) in [6, 6.07) is 0. The van der Waals surface area contributed by atoms with Gasteiger partial charge in [-0.25, -0.2) is 0 Å². The summed E-state index contributed by atoms with van der Waals surface area (Å²) in [4.78, 5) is 22.4. The van der Waals surface area contributed by atoms with Crippen molar-refractivity contribution in [3.05, 3.63) is 0 Å². The Morgan fingerprint density at radius 3 is 1.71 bits per heavy atom. The lowest BCUT2D eigenvalue weighted by molar-refractivity contribution is -0.157. The summed E-state index contributed by atoms with van der Waals surface area (Å²) < 4.78 is 5.44. The van der Waals surface area contributed by atoms with Gasteiger partial charge in [-0.2, -0.15) is 0 Å². The molecule has 6 atom stereocenters. The van der Waals surface area contributed by atoms with Gasteiger partial charge in [-0.15, -0.1) is 0 Å². The van der Waals surface area contributed by atoms with Crippen molar-refractivity contribution < 1.29 is 24.5 Å². The highest BCUT2D eigenvalue weighted by atomic mass is 16.5. The van der Waals surface area contributed by atoms with Crippen molar-refractivity contribution in [2.45, 2.75) is 18.6 Å². The van der Waals surface area contributed by atoms with Gasteiger partial charge in [0.1, 0.15) is 10.8 Å². The molecule has 0 bridgehead atoms. The van der Waals surface area contributed by atoms with Crippen molar-refractivity contribution in [1.29, 1.82) is 0 Å². The van der Waals surface area contributed by atoms with Gasteiger partial charge in [-0.3, -0.25) is 9.59 Å². The molecule has 1 aliphatic heterocycles. The first kappa shape index (κ1) is 7.23. The summed E-state index contributed by atoms with van der Waals surface area (Å²) in [6.07, 6.45) is 0.102. The lowest BCUT2D eigenvalue weighted by Gasteiger charge is -2.14. The number of carboxylic acid groups (broad SMARTS) is 2. The predicted molar refractivity (Wildman–Crippen MR) is 40.4 cm³/mol. The van der Waals surface area contributed by atoms with Crippen LogP contribution in [-0.2, 0) is 14.3 Å². The molecule has 0 radical (unpaired) electrons. The first-order valence-corrected chi connectivity index (χ1v) is 4.71. The first-order chi connectivity index (χ1) is 6.59. The summed E-state index contributed by atoms with van der Waals surface area (Å²) >= 11 is 0. The molecule has 0 spiro atoms. The quantitative estimate of drug-likeness (QED) is 0.625. The largest absolute Gasteiger partial charge is 0.481 e. The Labute approximate surface area is 78.7 Å². The lowest BCUT2D eigenvalue weighted by Crippen LogP contribution is -2.35. The molecule has 4 fully saturated rings. The fraction of sp³-hybridized carbons (Fsp3) is 0.778. The molecule has 0 aromatic carbocycles. The summed E-state index contributed by atoms with van der Waals surface area (Å²) in [5.41, 5.74) is -2.12. The topological polar surface area (TPSA) is 83.8 Å². The Hall–Kier alpha value is -1.10. The van der Waals surface area contributed by atoms with E-state index in [2.05, 4.69) is 0 Å². The van der Waals surface area contributed by atoms with Crippen LogP contribution in [0.1, 0.15) is 6.42 Å². The number of fused-ring (bicyclic) bond motifs is 2. The fourth-order valence-corrected chi connectivity index (χ4v) is 4.30. The number of rotatable bonds is 2. The summed E-state index contributed by atoms with van der Waals surface area (Å²) in [5, 5.41) is 18.4. The predicted octanol–water partition coefficient (Wildman–Crippen LogP) is -0.441. The average molecular weight is 196 g/mol. The van der Waals surface area contributed by atoms with E-state index in [9.17, 15) is 19.8 Å². The van der Waals surface area contributed by atoms with Gasteiger partial charge in [0, 0.05) is 11.8 Å². The van der Waals surface area contributed by atoms with Crippen LogP contribution in [0.4, 0.5) is 0 Å². The highest BCUT2D eigenvalue weighted by molar-refractivity contribution is 5.97. The van der Waals surface area contributed by atoms with Gasteiger partial charge in [0.15, 0.2) is 0 Å².